The van der Waals surface area contributed by atoms with Crippen LogP contribution in [0.3, 0.4) is 0 Å². The van der Waals surface area contributed by atoms with Crippen LogP contribution in [-0.4, -0.2) is 30.6 Å². The molecule has 1 aromatic rings. The third kappa shape index (κ3) is 4.69. The van der Waals surface area contributed by atoms with Crippen LogP contribution in [0.1, 0.15) is 25.8 Å². The first-order chi connectivity index (χ1) is 9.16. The Balaban J connectivity index is 2.05. The van der Waals surface area contributed by atoms with Gasteiger partial charge in [0.1, 0.15) is 0 Å². The molecule has 0 amide bonds. The molecule has 0 radical (unpaired) electrons. The number of rotatable bonds is 4. The van der Waals surface area contributed by atoms with Gasteiger partial charge in [-0.25, -0.2) is 0 Å². The van der Waals surface area contributed by atoms with Gasteiger partial charge in [-0.3, -0.25) is 0 Å². The van der Waals surface area contributed by atoms with Crippen molar-refractivity contribution < 1.29 is 0 Å². The second kappa shape index (κ2) is 7.55. The smallest absolute Gasteiger partial charge is 0.0511 e. The second-order valence-corrected chi connectivity index (χ2v) is 7.35. The lowest BCUT2D eigenvalue weighted by molar-refractivity contribution is 0.588. The molecule has 0 unspecified atom stereocenters. The molecule has 19 heavy (non-hydrogen) atoms. The third-order valence-corrected chi connectivity index (χ3v) is 4.97. The van der Waals surface area contributed by atoms with E-state index < -0.39 is 0 Å². The number of nitrogens with one attached hydrogen (secondary N) is 1. The van der Waals surface area contributed by atoms with Crippen molar-refractivity contribution in [1.82, 2.24) is 5.32 Å². The molecule has 0 atom stereocenters. The molecule has 1 aliphatic rings. The highest BCUT2D eigenvalue weighted by Crippen LogP contribution is 2.29. The standard InChI is InChI=1S/C15H23BrN2S/c1-12(2)17-11-13-4-5-15(14(16)10-13)18-6-3-8-19-9-7-18/h4-5,10,12,17H,3,6-9,11H2,1-2H3. The minimum atomic E-state index is 0.529. The average molecular weight is 343 g/mol. The molecule has 4 heteroatoms. The van der Waals surface area contributed by atoms with Crippen LogP contribution in [0.4, 0.5) is 5.69 Å². The maximum Gasteiger partial charge on any atom is 0.0511 e. The van der Waals surface area contributed by atoms with Gasteiger partial charge in [0.2, 0.25) is 0 Å². The Bertz CT molecular complexity index is 401. The number of nitrogens with zero attached hydrogens (tertiary/aromatic N) is 1. The zero-order valence-electron chi connectivity index (χ0n) is 11.8. The summed E-state index contributed by atoms with van der Waals surface area (Å²) in [4.78, 5) is 2.50. The molecule has 0 aromatic heterocycles. The molecular formula is C15H23BrN2S. The number of halogens is 1. The van der Waals surface area contributed by atoms with Gasteiger partial charge in [-0.1, -0.05) is 19.9 Å². The van der Waals surface area contributed by atoms with Crippen molar-refractivity contribution in [3.05, 3.63) is 28.2 Å². The van der Waals surface area contributed by atoms with Crippen LogP contribution in [-0.2, 0) is 6.54 Å². The van der Waals surface area contributed by atoms with E-state index in [2.05, 4.69) is 70.0 Å². The van der Waals surface area contributed by atoms with Crippen LogP contribution in [0.5, 0.6) is 0 Å². The molecule has 2 rings (SSSR count). The molecule has 1 N–H and O–H groups in total. The van der Waals surface area contributed by atoms with Crippen molar-refractivity contribution in [2.24, 2.45) is 0 Å². The van der Waals surface area contributed by atoms with E-state index in [-0.39, 0.29) is 0 Å². The number of benzene rings is 1. The van der Waals surface area contributed by atoms with Gasteiger partial charge in [-0.15, -0.1) is 0 Å². The lowest BCUT2D eigenvalue weighted by atomic mass is 10.2. The Hall–Kier alpha value is -0.190. The van der Waals surface area contributed by atoms with Gasteiger partial charge in [-0.2, -0.15) is 11.8 Å². The van der Waals surface area contributed by atoms with E-state index in [4.69, 9.17) is 0 Å². The topological polar surface area (TPSA) is 15.3 Å². The van der Waals surface area contributed by atoms with Gasteiger partial charge in [0.05, 0.1) is 5.69 Å². The molecule has 0 saturated carbocycles. The molecule has 1 fully saturated rings. The van der Waals surface area contributed by atoms with E-state index in [1.165, 1.54) is 40.2 Å². The summed E-state index contributed by atoms with van der Waals surface area (Å²) in [6, 6.07) is 7.29. The second-order valence-electron chi connectivity index (χ2n) is 5.27. The molecular weight excluding hydrogens is 320 g/mol. The Kier molecular flexibility index (Phi) is 6.05. The van der Waals surface area contributed by atoms with Gasteiger partial charge in [-0.05, 0) is 45.8 Å². The Morgan fingerprint density at radius 3 is 2.89 bits per heavy atom. The van der Waals surface area contributed by atoms with E-state index >= 15 is 0 Å². The van der Waals surface area contributed by atoms with Crippen molar-refractivity contribution in [3.8, 4) is 0 Å². The fraction of sp³-hybridized carbons (Fsp3) is 0.600. The van der Waals surface area contributed by atoms with Gasteiger partial charge in [0.15, 0.2) is 0 Å². The summed E-state index contributed by atoms with van der Waals surface area (Å²) in [7, 11) is 0. The fourth-order valence-electron chi connectivity index (χ4n) is 2.23. The minimum Gasteiger partial charge on any atom is -0.370 e. The molecule has 1 saturated heterocycles. The quantitative estimate of drug-likeness (QED) is 0.893. The highest BCUT2D eigenvalue weighted by atomic mass is 79.9. The zero-order chi connectivity index (χ0) is 13.7. The molecule has 0 aliphatic carbocycles. The fourth-order valence-corrected chi connectivity index (χ4v) is 3.79. The van der Waals surface area contributed by atoms with E-state index in [0.29, 0.717) is 6.04 Å². The lowest BCUT2D eigenvalue weighted by Gasteiger charge is -2.24. The minimum absolute atomic E-state index is 0.529. The first-order valence-corrected chi connectivity index (χ1v) is 8.96. The monoisotopic (exact) mass is 342 g/mol. The Morgan fingerprint density at radius 1 is 1.32 bits per heavy atom. The van der Waals surface area contributed by atoms with Crippen LogP contribution in [0.25, 0.3) is 0 Å². The van der Waals surface area contributed by atoms with Gasteiger partial charge >= 0.3 is 0 Å². The highest BCUT2D eigenvalue weighted by Gasteiger charge is 2.13. The maximum atomic E-state index is 3.74. The van der Waals surface area contributed by atoms with Crippen molar-refractivity contribution in [3.63, 3.8) is 0 Å². The summed E-state index contributed by atoms with van der Waals surface area (Å²) in [6.07, 6.45) is 1.29. The normalized spacial score (nSPS) is 16.7. The highest BCUT2D eigenvalue weighted by molar-refractivity contribution is 9.10. The number of anilines is 1. The lowest BCUT2D eigenvalue weighted by Crippen LogP contribution is -2.26. The summed E-state index contributed by atoms with van der Waals surface area (Å²) >= 11 is 5.81. The van der Waals surface area contributed by atoms with E-state index in [9.17, 15) is 0 Å². The molecule has 1 aromatic carbocycles. The number of thioether (sulfide) groups is 1. The van der Waals surface area contributed by atoms with Crippen molar-refractivity contribution in [1.29, 1.82) is 0 Å². The first-order valence-electron chi connectivity index (χ1n) is 7.01. The zero-order valence-corrected chi connectivity index (χ0v) is 14.2. The predicted molar refractivity (Wildman–Crippen MR) is 90.3 cm³/mol. The summed E-state index contributed by atoms with van der Waals surface area (Å²) < 4.78 is 1.22. The largest absolute Gasteiger partial charge is 0.370 e. The maximum absolute atomic E-state index is 3.74. The summed E-state index contributed by atoms with van der Waals surface area (Å²) in [5.74, 6) is 2.54. The third-order valence-electron chi connectivity index (χ3n) is 3.29. The Morgan fingerprint density at radius 2 is 2.16 bits per heavy atom. The predicted octanol–water partition coefficient (Wildman–Crippen LogP) is 3.89. The van der Waals surface area contributed by atoms with Gasteiger partial charge < -0.3 is 10.2 Å². The summed E-state index contributed by atoms with van der Waals surface area (Å²) in [5.41, 5.74) is 2.68. The van der Waals surface area contributed by atoms with Gasteiger partial charge in [0.25, 0.3) is 0 Å². The van der Waals surface area contributed by atoms with Crippen LogP contribution in [0.2, 0.25) is 0 Å². The van der Waals surface area contributed by atoms with Crippen LogP contribution in [0.15, 0.2) is 22.7 Å². The SMILES string of the molecule is CC(C)NCc1ccc(N2CCCSCC2)c(Br)c1. The van der Waals surface area contributed by atoms with Gasteiger partial charge in [0, 0.05) is 35.9 Å². The van der Waals surface area contributed by atoms with Crippen molar-refractivity contribution in [2.45, 2.75) is 32.9 Å². The summed E-state index contributed by atoms with van der Waals surface area (Å²) in [5, 5.41) is 3.46. The number of hydrogen-bond acceptors (Lipinski definition) is 3. The van der Waals surface area contributed by atoms with Crippen LogP contribution >= 0.6 is 27.7 Å². The molecule has 106 valence electrons. The molecule has 2 nitrogen and oxygen atoms in total. The van der Waals surface area contributed by atoms with Crippen LogP contribution in [0, 0.1) is 0 Å². The molecule has 0 spiro atoms. The molecule has 0 bridgehead atoms. The van der Waals surface area contributed by atoms with Crippen LogP contribution < -0.4 is 10.2 Å². The van der Waals surface area contributed by atoms with Crippen molar-refractivity contribution >= 4 is 33.4 Å². The molecule has 1 aliphatic heterocycles. The van der Waals surface area contributed by atoms with E-state index in [0.717, 1.165) is 13.1 Å². The molecule has 1 heterocycles. The van der Waals surface area contributed by atoms with Crippen molar-refractivity contribution in [2.75, 3.05) is 29.5 Å². The first kappa shape index (κ1) is 15.2. The Labute approximate surface area is 129 Å². The average Bonchev–Trinajstić information content (AvgIpc) is 2.65. The summed E-state index contributed by atoms with van der Waals surface area (Å²) in [6.45, 7) is 7.63. The number of hydrogen-bond donors (Lipinski definition) is 1. The van der Waals surface area contributed by atoms with E-state index in [1.54, 1.807) is 0 Å². The van der Waals surface area contributed by atoms with E-state index in [1.807, 2.05) is 0 Å².